The first-order valence-electron chi connectivity index (χ1n) is 5.48. The Balaban J connectivity index is 2.32. The molecule has 3 N–H and O–H groups in total. The van der Waals surface area contributed by atoms with Crippen molar-refractivity contribution in [2.75, 3.05) is 16.8 Å². The number of carbonyl (C=O) groups is 1. The smallest absolute Gasteiger partial charge is 0.244 e. The molecule has 8 heteroatoms. The molecule has 2 rings (SSSR count). The molecule has 104 valence electrons. The SMILES string of the molecule is NC(=O)C1(Nc2ccc(Cl)c(Br)c2)CCS(=O)(=O)C1. The van der Waals surface area contributed by atoms with Crippen LogP contribution in [0.25, 0.3) is 0 Å². The number of anilines is 1. The Hall–Kier alpha value is -0.790. The minimum Gasteiger partial charge on any atom is -0.370 e. The Kier molecular flexibility index (Phi) is 3.81. The summed E-state index contributed by atoms with van der Waals surface area (Å²) in [4.78, 5) is 11.6. The van der Waals surface area contributed by atoms with E-state index in [1.165, 1.54) is 0 Å². The minimum absolute atomic E-state index is 0.0439. The van der Waals surface area contributed by atoms with Gasteiger partial charge < -0.3 is 11.1 Å². The molecule has 5 nitrogen and oxygen atoms in total. The normalized spacial score (nSPS) is 25.2. The number of hydrogen-bond acceptors (Lipinski definition) is 4. The summed E-state index contributed by atoms with van der Waals surface area (Å²) in [6.07, 6.45) is 0.172. The van der Waals surface area contributed by atoms with Crippen molar-refractivity contribution in [3.63, 3.8) is 0 Å². The average molecular weight is 368 g/mol. The van der Waals surface area contributed by atoms with Crippen molar-refractivity contribution in [1.29, 1.82) is 0 Å². The minimum atomic E-state index is -3.24. The maximum absolute atomic E-state index is 11.6. The first-order valence-corrected chi connectivity index (χ1v) is 8.47. The molecule has 1 atom stereocenters. The number of primary amides is 1. The summed E-state index contributed by atoms with van der Waals surface area (Å²) in [7, 11) is -3.24. The third kappa shape index (κ3) is 3.04. The summed E-state index contributed by atoms with van der Waals surface area (Å²) in [6.45, 7) is 0. The number of nitrogens with one attached hydrogen (secondary N) is 1. The molecule has 0 spiro atoms. The second-order valence-electron chi connectivity index (χ2n) is 4.54. The predicted octanol–water partition coefficient (Wildman–Crippen LogP) is 1.56. The van der Waals surface area contributed by atoms with E-state index in [-0.39, 0.29) is 17.9 Å². The summed E-state index contributed by atoms with van der Waals surface area (Å²) < 4.78 is 23.8. The Morgan fingerprint density at radius 3 is 2.63 bits per heavy atom. The van der Waals surface area contributed by atoms with Gasteiger partial charge in [0.25, 0.3) is 0 Å². The first-order chi connectivity index (χ1) is 8.74. The summed E-state index contributed by atoms with van der Waals surface area (Å²) in [5.74, 6) is -0.993. The fraction of sp³-hybridized carbons (Fsp3) is 0.364. The van der Waals surface area contributed by atoms with E-state index in [2.05, 4.69) is 21.2 Å². The predicted molar refractivity (Wildman–Crippen MR) is 78.0 cm³/mol. The highest BCUT2D eigenvalue weighted by atomic mass is 79.9. The quantitative estimate of drug-likeness (QED) is 0.848. The zero-order valence-electron chi connectivity index (χ0n) is 9.82. The monoisotopic (exact) mass is 366 g/mol. The zero-order valence-corrected chi connectivity index (χ0v) is 13.0. The van der Waals surface area contributed by atoms with Crippen LogP contribution in [0.5, 0.6) is 0 Å². The second-order valence-corrected chi connectivity index (χ2v) is 7.99. The van der Waals surface area contributed by atoms with Crippen LogP contribution in [0, 0.1) is 0 Å². The molecular formula is C11H12BrClN2O3S. The second kappa shape index (κ2) is 4.96. The van der Waals surface area contributed by atoms with Crippen LogP contribution in [0.4, 0.5) is 5.69 Å². The Labute approximate surface area is 124 Å². The van der Waals surface area contributed by atoms with Gasteiger partial charge in [0, 0.05) is 10.2 Å². The maximum Gasteiger partial charge on any atom is 0.244 e. The number of halogens is 2. The van der Waals surface area contributed by atoms with E-state index in [1.807, 2.05) is 0 Å². The molecule has 1 saturated heterocycles. The van der Waals surface area contributed by atoms with Crippen LogP contribution in [0.3, 0.4) is 0 Å². The average Bonchev–Trinajstić information content (AvgIpc) is 2.61. The molecule has 1 aliphatic heterocycles. The van der Waals surface area contributed by atoms with Crippen LogP contribution in [0.1, 0.15) is 6.42 Å². The number of carbonyl (C=O) groups excluding carboxylic acids is 1. The summed E-state index contributed by atoms with van der Waals surface area (Å²) in [5.41, 5.74) is 4.71. The largest absolute Gasteiger partial charge is 0.370 e. The van der Waals surface area contributed by atoms with Crippen molar-refractivity contribution in [2.24, 2.45) is 5.73 Å². The summed E-state index contributed by atoms with van der Waals surface area (Å²) in [5, 5.41) is 3.46. The third-order valence-corrected chi connectivity index (χ3v) is 6.05. The van der Waals surface area contributed by atoms with Gasteiger partial charge in [0.15, 0.2) is 9.84 Å². The van der Waals surface area contributed by atoms with Crippen LogP contribution in [-0.4, -0.2) is 31.4 Å². The number of nitrogens with two attached hydrogens (primary N) is 1. The van der Waals surface area contributed by atoms with Gasteiger partial charge in [-0.25, -0.2) is 8.42 Å². The highest BCUT2D eigenvalue weighted by Crippen LogP contribution is 2.31. The number of sulfone groups is 1. The van der Waals surface area contributed by atoms with Gasteiger partial charge in [-0.05, 0) is 40.5 Å². The van der Waals surface area contributed by atoms with E-state index in [0.717, 1.165) is 0 Å². The topological polar surface area (TPSA) is 89.3 Å². The molecule has 1 aromatic rings. The van der Waals surface area contributed by atoms with Gasteiger partial charge in [-0.3, -0.25) is 4.79 Å². The molecule has 19 heavy (non-hydrogen) atoms. The Morgan fingerprint density at radius 2 is 2.16 bits per heavy atom. The summed E-state index contributed by atoms with van der Waals surface area (Å²) >= 11 is 9.14. The van der Waals surface area contributed by atoms with Crippen molar-refractivity contribution in [3.8, 4) is 0 Å². The molecule has 0 saturated carbocycles. The molecule has 1 unspecified atom stereocenters. The van der Waals surface area contributed by atoms with Crippen molar-refractivity contribution in [1.82, 2.24) is 0 Å². The van der Waals surface area contributed by atoms with Crippen molar-refractivity contribution in [3.05, 3.63) is 27.7 Å². The van der Waals surface area contributed by atoms with E-state index in [9.17, 15) is 13.2 Å². The number of hydrogen-bond donors (Lipinski definition) is 2. The molecule has 1 heterocycles. The van der Waals surface area contributed by atoms with Crippen molar-refractivity contribution in [2.45, 2.75) is 12.0 Å². The molecule has 0 aromatic heterocycles. The highest BCUT2D eigenvalue weighted by molar-refractivity contribution is 9.10. The lowest BCUT2D eigenvalue weighted by molar-refractivity contribution is -0.121. The molecular weight excluding hydrogens is 356 g/mol. The van der Waals surface area contributed by atoms with Crippen LogP contribution in [0.2, 0.25) is 5.02 Å². The third-order valence-electron chi connectivity index (χ3n) is 3.08. The number of benzene rings is 1. The first kappa shape index (κ1) is 14.6. The lowest BCUT2D eigenvalue weighted by atomic mass is 9.97. The van der Waals surface area contributed by atoms with E-state index in [4.69, 9.17) is 17.3 Å². The van der Waals surface area contributed by atoms with E-state index in [0.29, 0.717) is 15.2 Å². The van der Waals surface area contributed by atoms with Crippen LogP contribution >= 0.6 is 27.5 Å². The van der Waals surface area contributed by atoms with E-state index < -0.39 is 21.3 Å². The number of amides is 1. The fourth-order valence-electron chi connectivity index (χ4n) is 2.05. The lowest BCUT2D eigenvalue weighted by Crippen LogP contribution is -2.51. The van der Waals surface area contributed by atoms with Gasteiger partial charge in [-0.2, -0.15) is 0 Å². The van der Waals surface area contributed by atoms with E-state index in [1.54, 1.807) is 18.2 Å². The molecule has 0 aliphatic carbocycles. The maximum atomic E-state index is 11.6. The lowest BCUT2D eigenvalue weighted by Gasteiger charge is -2.26. The van der Waals surface area contributed by atoms with Gasteiger partial charge in [0.2, 0.25) is 5.91 Å². The molecule has 0 radical (unpaired) electrons. The van der Waals surface area contributed by atoms with Gasteiger partial charge in [0.05, 0.1) is 16.5 Å². The van der Waals surface area contributed by atoms with Crippen molar-refractivity contribution >= 4 is 49.0 Å². The number of rotatable bonds is 3. The van der Waals surface area contributed by atoms with Gasteiger partial charge in [-0.1, -0.05) is 11.6 Å². The van der Waals surface area contributed by atoms with Crippen LogP contribution < -0.4 is 11.1 Å². The van der Waals surface area contributed by atoms with Gasteiger partial charge in [0.1, 0.15) is 5.54 Å². The highest BCUT2D eigenvalue weighted by Gasteiger charge is 2.47. The van der Waals surface area contributed by atoms with E-state index >= 15 is 0 Å². The van der Waals surface area contributed by atoms with Crippen LogP contribution in [0.15, 0.2) is 22.7 Å². The molecule has 1 amide bonds. The van der Waals surface area contributed by atoms with Gasteiger partial charge >= 0.3 is 0 Å². The fourth-order valence-corrected chi connectivity index (χ4v) is 4.46. The molecule has 0 bridgehead atoms. The molecule has 1 aliphatic rings. The molecule has 1 aromatic carbocycles. The Morgan fingerprint density at radius 1 is 1.47 bits per heavy atom. The Bertz CT molecular complexity index is 635. The van der Waals surface area contributed by atoms with Gasteiger partial charge in [-0.15, -0.1) is 0 Å². The van der Waals surface area contributed by atoms with Crippen LogP contribution in [-0.2, 0) is 14.6 Å². The standard InChI is InChI=1S/C11H12BrClN2O3S/c12-8-5-7(1-2-9(8)13)15-11(10(14)16)3-4-19(17,18)6-11/h1-2,5,15H,3-4,6H2,(H2,14,16). The zero-order chi connectivity index (χ0) is 14.3. The summed E-state index contributed by atoms with van der Waals surface area (Å²) in [6, 6.07) is 4.99. The molecule has 1 fully saturated rings. The van der Waals surface area contributed by atoms with Crippen molar-refractivity contribution < 1.29 is 13.2 Å².